The van der Waals surface area contributed by atoms with Crippen LogP contribution in [0.2, 0.25) is 5.02 Å². The van der Waals surface area contributed by atoms with E-state index in [4.69, 9.17) is 11.6 Å². The van der Waals surface area contributed by atoms with Crippen molar-refractivity contribution >= 4 is 11.6 Å². The largest absolute Gasteiger partial charge is 0.285 e. The van der Waals surface area contributed by atoms with Crippen LogP contribution in [0.25, 0.3) is 5.82 Å². The number of imidazole rings is 1. The highest BCUT2D eigenvalue weighted by Gasteiger charge is 2.16. The van der Waals surface area contributed by atoms with Gasteiger partial charge < -0.3 is 0 Å². The Morgan fingerprint density at radius 2 is 2.06 bits per heavy atom. The Labute approximate surface area is 99.9 Å². The van der Waals surface area contributed by atoms with E-state index < -0.39 is 0 Å². The van der Waals surface area contributed by atoms with E-state index in [1.165, 1.54) is 0 Å². The summed E-state index contributed by atoms with van der Waals surface area (Å²) in [6.07, 6.45) is 3.67. The first-order valence-electron chi connectivity index (χ1n) is 5.25. The van der Waals surface area contributed by atoms with E-state index in [1.54, 1.807) is 10.9 Å². The van der Waals surface area contributed by atoms with E-state index in [2.05, 4.69) is 23.9 Å². The molecule has 0 aromatic carbocycles. The van der Waals surface area contributed by atoms with Gasteiger partial charge in [0.05, 0.1) is 5.69 Å². The fourth-order valence-electron chi connectivity index (χ4n) is 1.64. The summed E-state index contributed by atoms with van der Waals surface area (Å²) in [5.74, 6) is 2.07. The van der Waals surface area contributed by atoms with Crippen molar-refractivity contribution in [3.8, 4) is 5.82 Å². The Bertz CT molecular complexity index is 510. The first-order chi connectivity index (χ1) is 7.52. The summed E-state index contributed by atoms with van der Waals surface area (Å²) in [6, 6.07) is 0. The molecule has 5 heteroatoms. The molecular formula is C11H15ClN4. The average Bonchev–Trinajstić information content (AvgIpc) is 2.79. The van der Waals surface area contributed by atoms with Gasteiger partial charge >= 0.3 is 0 Å². The lowest BCUT2D eigenvalue weighted by Gasteiger charge is -2.07. The van der Waals surface area contributed by atoms with Crippen LogP contribution in [0.15, 0.2) is 12.4 Å². The number of halogens is 1. The Balaban J connectivity index is 2.59. The maximum Gasteiger partial charge on any atom is 0.179 e. The van der Waals surface area contributed by atoms with E-state index in [9.17, 15) is 0 Å². The highest BCUT2D eigenvalue weighted by atomic mass is 35.5. The van der Waals surface area contributed by atoms with Gasteiger partial charge in [-0.05, 0) is 6.92 Å². The summed E-state index contributed by atoms with van der Waals surface area (Å²) in [7, 11) is 1.89. The molecule has 0 aliphatic rings. The summed E-state index contributed by atoms with van der Waals surface area (Å²) in [4.78, 5) is 4.33. The normalized spacial score (nSPS) is 11.4. The molecule has 0 aliphatic heterocycles. The lowest BCUT2D eigenvalue weighted by molar-refractivity contribution is 0.703. The number of hydrogen-bond acceptors (Lipinski definition) is 2. The van der Waals surface area contributed by atoms with Crippen molar-refractivity contribution in [3.05, 3.63) is 28.9 Å². The molecule has 0 amide bonds. The number of nitrogens with zero attached hydrogens (tertiary/aromatic N) is 4. The van der Waals surface area contributed by atoms with Crippen molar-refractivity contribution in [1.29, 1.82) is 0 Å². The zero-order valence-electron chi connectivity index (χ0n) is 9.90. The van der Waals surface area contributed by atoms with E-state index in [1.807, 2.05) is 24.7 Å². The van der Waals surface area contributed by atoms with E-state index in [0.717, 1.165) is 17.3 Å². The summed E-state index contributed by atoms with van der Waals surface area (Å²) >= 11 is 6.25. The molecule has 4 nitrogen and oxygen atoms in total. The second-order valence-electron chi connectivity index (χ2n) is 4.16. The van der Waals surface area contributed by atoms with Gasteiger partial charge in [0.1, 0.15) is 10.8 Å². The number of hydrogen-bond donors (Lipinski definition) is 0. The van der Waals surface area contributed by atoms with Crippen molar-refractivity contribution < 1.29 is 0 Å². The molecule has 0 N–H and O–H groups in total. The molecule has 0 fully saturated rings. The van der Waals surface area contributed by atoms with Crippen LogP contribution in [0.3, 0.4) is 0 Å². The maximum absolute atomic E-state index is 6.25. The lowest BCUT2D eigenvalue weighted by atomic mass is 10.2. The van der Waals surface area contributed by atoms with E-state index >= 15 is 0 Å². The van der Waals surface area contributed by atoms with Crippen molar-refractivity contribution in [1.82, 2.24) is 19.3 Å². The molecule has 0 atom stereocenters. The van der Waals surface area contributed by atoms with Crippen LogP contribution < -0.4 is 0 Å². The van der Waals surface area contributed by atoms with Crippen molar-refractivity contribution in [2.75, 3.05) is 0 Å². The fourth-order valence-corrected chi connectivity index (χ4v) is 1.89. The molecule has 2 rings (SSSR count). The third kappa shape index (κ3) is 1.63. The SMILES string of the molecule is Cc1c(Cl)c(-n2ccnc2C(C)C)nn1C. The first-order valence-corrected chi connectivity index (χ1v) is 5.63. The second kappa shape index (κ2) is 3.94. The summed E-state index contributed by atoms with van der Waals surface area (Å²) in [5.41, 5.74) is 0.958. The van der Waals surface area contributed by atoms with Crippen LogP contribution in [0.1, 0.15) is 31.3 Å². The predicted octanol–water partition coefficient (Wildman–Crippen LogP) is 2.69. The zero-order valence-corrected chi connectivity index (χ0v) is 10.7. The highest BCUT2D eigenvalue weighted by molar-refractivity contribution is 6.32. The van der Waals surface area contributed by atoms with Crippen molar-refractivity contribution in [3.63, 3.8) is 0 Å². The first kappa shape index (κ1) is 11.2. The van der Waals surface area contributed by atoms with E-state index in [0.29, 0.717) is 10.9 Å². The summed E-state index contributed by atoms with van der Waals surface area (Å²) in [5, 5.41) is 5.09. The standard InChI is InChI=1S/C11H15ClN4/c1-7(2)10-13-5-6-16(10)11-9(12)8(3)15(4)14-11/h5-7H,1-4H3. The van der Waals surface area contributed by atoms with Crippen LogP contribution >= 0.6 is 11.6 Å². The average molecular weight is 239 g/mol. The molecule has 0 spiro atoms. The maximum atomic E-state index is 6.25. The molecular weight excluding hydrogens is 224 g/mol. The van der Waals surface area contributed by atoms with Crippen LogP contribution in [0.5, 0.6) is 0 Å². The molecule has 2 heterocycles. The molecule has 2 aromatic heterocycles. The van der Waals surface area contributed by atoms with Gasteiger partial charge in [0.15, 0.2) is 5.82 Å². The van der Waals surface area contributed by atoms with Crippen LogP contribution in [-0.4, -0.2) is 19.3 Å². The Morgan fingerprint density at radius 3 is 2.56 bits per heavy atom. The quantitative estimate of drug-likeness (QED) is 0.807. The third-order valence-corrected chi connectivity index (χ3v) is 3.10. The van der Waals surface area contributed by atoms with Gasteiger partial charge in [0, 0.05) is 25.4 Å². The third-order valence-electron chi connectivity index (χ3n) is 2.66. The van der Waals surface area contributed by atoms with Gasteiger partial charge in [0.2, 0.25) is 0 Å². The molecule has 16 heavy (non-hydrogen) atoms. The summed E-state index contributed by atoms with van der Waals surface area (Å²) < 4.78 is 3.72. The number of aromatic nitrogens is 4. The van der Waals surface area contributed by atoms with Gasteiger partial charge in [-0.3, -0.25) is 9.25 Å². The van der Waals surface area contributed by atoms with Gasteiger partial charge in [-0.15, -0.1) is 0 Å². The topological polar surface area (TPSA) is 35.6 Å². The second-order valence-corrected chi connectivity index (χ2v) is 4.53. The Kier molecular flexibility index (Phi) is 2.76. The van der Waals surface area contributed by atoms with Gasteiger partial charge in [-0.2, -0.15) is 5.10 Å². The molecule has 0 saturated carbocycles. The molecule has 0 radical (unpaired) electrons. The van der Waals surface area contributed by atoms with Crippen molar-refractivity contribution in [2.24, 2.45) is 7.05 Å². The van der Waals surface area contributed by atoms with Crippen LogP contribution in [0, 0.1) is 6.92 Å². The van der Waals surface area contributed by atoms with Gasteiger partial charge in [-0.25, -0.2) is 4.98 Å². The predicted molar refractivity (Wildman–Crippen MR) is 64.2 cm³/mol. The Morgan fingerprint density at radius 1 is 1.38 bits per heavy atom. The van der Waals surface area contributed by atoms with Crippen molar-refractivity contribution in [2.45, 2.75) is 26.7 Å². The number of rotatable bonds is 2. The van der Waals surface area contributed by atoms with E-state index in [-0.39, 0.29) is 0 Å². The van der Waals surface area contributed by atoms with Crippen LogP contribution in [-0.2, 0) is 7.05 Å². The smallest absolute Gasteiger partial charge is 0.179 e. The molecule has 86 valence electrons. The molecule has 0 aliphatic carbocycles. The number of aryl methyl sites for hydroxylation is 1. The minimum Gasteiger partial charge on any atom is -0.285 e. The lowest BCUT2D eigenvalue weighted by Crippen LogP contribution is -2.04. The monoisotopic (exact) mass is 238 g/mol. The van der Waals surface area contributed by atoms with Gasteiger partial charge in [0.25, 0.3) is 0 Å². The highest BCUT2D eigenvalue weighted by Crippen LogP contribution is 2.25. The molecule has 0 saturated heterocycles. The Hall–Kier alpha value is -1.29. The zero-order chi connectivity index (χ0) is 11.9. The minimum absolute atomic E-state index is 0.341. The molecule has 2 aromatic rings. The van der Waals surface area contributed by atoms with Gasteiger partial charge in [-0.1, -0.05) is 25.4 Å². The fraction of sp³-hybridized carbons (Fsp3) is 0.455. The summed E-state index contributed by atoms with van der Waals surface area (Å²) in [6.45, 7) is 6.15. The molecule has 0 unspecified atom stereocenters. The molecule has 0 bridgehead atoms. The van der Waals surface area contributed by atoms with Crippen LogP contribution in [0.4, 0.5) is 0 Å². The minimum atomic E-state index is 0.341.